The van der Waals surface area contributed by atoms with Crippen molar-refractivity contribution in [3.63, 3.8) is 0 Å². The van der Waals surface area contributed by atoms with Gasteiger partial charge in [-0.15, -0.1) is 0 Å². The molecule has 170 valence electrons. The van der Waals surface area contributed by atoms with Crippen LogP contribution in [0.2, 0.25) is 0 Å². The van der Waals surface area contributed by atoms with Crippen LogP contribution in [0, 0.1) is 5.92 Å². The van der Waals surface area contributed by atoms with E-state index in [1.807, 2.05) is 44.2 Å². The number of hydrogen-bond donors (Lipinski definition) is 2. The van der Waals surface area contributed by atoms with Crippen LogP contribution in [-0.2, 0) is 30.6 Å². The molecule has 9 heteroatoms. The van der Waals surface area contributed by atoms with Gasteiger partial charge < -0.3 is 15.5 Å². The average molecular weight is 450 g/mol. The van der Waals surface area contributed by atoms with Crippen LogP contribution in [0.5, 0.6) is 0 Å². The van der Waals surface area contributed by atoms with E-state index in [9.17, 15) is 22.8 Å². The lowest BCUT2D eigenvalue weighted by atomic mass is 9.96. The summed E-state index contributed by atoms with van der Waals surface area (Å²) < 4.78 is 24.1. The minimum absolute atomic E-state index is 0.0923. The van der Waals surface area contributed by atoms with E-state index in [1.54, 1.807) is 0 Å². The van der Waals surface area contributed by atoms with E-state index in [-0.39, 0.29) is 24.2 Å². The topological polar surface area (TPSA) is 113 Å². The number of fused-ring (bicyclic) bond motifs is 1. The summed E-state index contributed by atoms with van der Waals surface area (Å²) >= 11 is 0. The summed E-state index contributed by atoms with van der Waals surface area (Å²) in [6, 6.07) is 7.79. The Morgan fingerprint density at radius 1 is 1.19 bits per heavy atom. The summed E-state index contributed by atoms with van der Waals surface area (Å²) in [4.78, 5) is 39.2. The van der Waals surface area contributed by atoms with Crippen molar-refractivity contribution in [1.82, 2.24) is 15.5 Å². The van der Waals surface area contributed by atoms with Crippen molar-refractivity contribution in [2.45, 2.75) is 69.2 Å². The normalized spacial score (nSPS) is 24.3. The van der Waals surface area contributed by atoms with Crippen molar-refractivity contribution in [2.75, 3.05) is 6.54 Å². The highest BCUT2D eigenvalue weighted by Crippen LogP contribution is 2.45. The lowest BCUT2D eigenvalue weighted by Gasteiger charge is -2.37. The van der Waals surface area contributed by atoms with Gasteiger partial charge in [0.2, 0.25) is 17.7 Å². The molecule has 2 aliphatic rings. The van der Waals surface area contributed by atoms with Crippen LogP contribution in [0.3, 0.4) is 0 Å². The highest BCUT2D eigenvalue weighted by atomic mass is 32.2. The molecule has 0 bridgehead atoms. The maximum atomic E-state index is 13.1. The Morgan fingerprint density at radius 3 is 2.42 bits per heavy atom. The second-order valence-electron chi connectivity index (χ2n) is 9.23. The van der Waals surface area contributed by atoms with Gasteiger partial charge in [-0.1, -0.05) is 44.2 Å². The van der Waals surface area contributed by atoms with Gasteiger partial charge in [0, 0.05) is 6.54 Å². The smallest absolute Gasteiger partial charge is 0.245 e. The standard InChI is InChI=1S/C22H31N3O5S/c1-14(2)12-16(20(27)23-11-10-15-8-6-5-7-9-15)24-21(28)19-22(3,4)31(29,30)18-13-17(26)25(18)19/h5-9,14,16,18-19H,10-13H2,1-4H3,(H,23,27)(H,24,28). The number of rotatable bonds is 8. The Morgan fingerprint density at radius 2 is 1.84 bits per heavy atom. The highest BCUT2D eigenvalue weighted by Gasteiger charge is 2.67. The molecule has 2 aliphatic heterocycles. The van der Waals surface area contributed by atoms with Crippen LogP contribution < -0.4 is 10.6 Å². The average Bonchev–Trinajstić information content (AvgIpc) is 2.81. The van der Waals surface area contributed by atoms with Crippen molar-refractivity contribution in [1.29, 1.82) is 0 Å². The fraction of sp³-hybridized carbons (Fsp3) is 0.591. The number of carbonyl (C=O) groups is 3. The molecule has 0 aliphatic carbocycles. The van der Waals surface area contributed by atoms with E-state index in [2.05, 4.69) is 10.6 Å². The Hall–Kier alpha value is -2.42. The minimum atomic E-state index is -3.67. The molecule has 2 heterocycles. The molecule has 1 aromatic rings. The van der Waals surface area contributed by atoms with Crippen LogP contribution in [0.4, 0.5) is 0 Å². The minimum Gasteiger partial charge on any atom is -0.354 e. The molecular formula is C22H31N3O5S. The molecule has 0 saturated carbocycles. The van der Waals surface area contributed by atoms with E-state index in [0.717, 1.165) is 10.5 Å². The molecule has 1 aromatic carbocycles. The highest BCUT2D eigenvalue weighted by molar-refractivity contribution is 7.93. The molecular weight excluding hydrogens is 418 g/mol. The number of sulfone groups is 1. The molecule has 3 atom stereocenters. The Kier molecular flexibility index (Phi) is 6.45. The summed E-state index contributed by atoms with van der Waals surface area (Å²) in [6.45, 7) is 7.24. The second kappa shape index (κ2) is 8.61. The molecule has 8 nitrogen and oxygen atoms in total. The van der Waals surface area contributed by atoms with E-state index >= 15 is 0 Å². The molecule has 0 radical (unpaired) electrons. The molecule has 2 fully saturated rings. The summed E-state index contributed by atoms with van der Waals surface area (Å²) in [6.07, 6.45) is 0.970. The zero-order valence-corrected chi connectivity index (χ0v) is 19.2. The fourth-order valence-corrected chi connectivity index (χ4v) is 6.44. The third-order valence-electron chi connectivity index (χ3n) is 6.12. The quantitative estimate of drug-likeness (QED) is 0.575. The number of amides is 3. The van der Waals surface area contributed by atoms with Gasteiger partial charge in [-0.25, -0.2) is 8.42 Å². The number of carbonyl (C=O) groups excluding carboxylic acids is 3. The van der Waals surface area contributed by atoms with E-state index in [4.69, 9.17) is 0 Å². The maximum Gasteiger partial charge on any atom is 0.245 e. The number of hydrogen-bond acceptors (Lipinski definition) is 5. The number of benzene rings is 1. The molecule has 0 aromatic heterocycles. The monoisotopic (exact) mass is 449 g/mol. The lowest BCUT2D eigenvalue weighted by molar-refractivity contribution is -0.150. The van der Waals surface area contributed by atoms with E-state index in [0.29, 0.717) is 19.4 Å². The molecule has 31 heavy (non-hydrogen) atoms. The van der Waals surface area contributed by atoms with E-state index in [1.165, 1.54) is 13.8 Å². The summed E-state index contributed by atoms with van der Waals surface area (Å²) in [7, 11) is -3.67. The Balaban J connectivity index is 1.69. The first-order valence-electron chi connectivity index (χ1n) is 10.6. The van der Waals surface area contributed by atoms with Crippen LogP contribution in [0.25, 0.3) is 0 Å². The molecule has 3 unspecified atom stereocenters. The van der Waals surface area contributed by atoms with Gasteiger partial charge in [-0.2, -0.15) is 0 Å². The number of β-lactam (4-membered cyclic amide) rings is 1. The first-order valence-corrected chi connectivity index (χ1v) is 12.2. The van der Waals surface area contributed by atoms with Crippen molar-refractivity contribution in [3.8, 4) is 0 Å². The zero-order valence-electron chi connectivity index (χ0n) is 18.4. The van der Waals surface area contributed by atoms with Crippen molar-refractivity contribution >= 4 is 27.6 Å². The SMILES string of the molecule is CC(C)CC(NC(=O)C1N2C(=O)CC2S(=O)(=O)C1(C)C)C(=O)NCCc1ccccc1. The second-order valence-corrected chi connectivity index (χ2v) is 11.9. The first kappa shape index (κ1) is 23.2. The van der Waals surface area contributed by atoms with Crippen LogP contribution >= 0.6 is 0 Å². The van der Waals surface area contributed by atoms with Gasteiger partial charge in [-0.05, 0) is 38.2 Å². The number of nitrogens with one attached hydrogen (secondary N) is 2. The van der Waals surface area contributed by atoms with Crippen LogP contribution in [0.1, 0.15) is 46.1 Å². The first-order chi connectivity index (χ1) is 14.5. The largest absolute Gasteiger partial charge is 0.354 e. The molecule has 0 spiro atoms. The zero-order chi connectivity index (χ0) is 23.0. The third-order valence-corrected chi connectivity index (χ3v) is 8.92. The number of nitrogens with zero attached hydrogens (tertiary/aromatic N) is 1. The summed E-state index contributed by atoms with van der Waals surface area (Å²) in [5.41, 5.74) is 1.09. The molecule has 3 amide bonds. The van der Waals surface area contributed by atoms with Gasteiger partial charge in [0.15, 0.2) is 9.84 Å². The van der Waals surface area contributed by atoms with Crippen LogP contribution in [0.15, 0.2) is 30.3 Å². The maximum absolute atomic E-state index is 13.1. The van der Waals surface area contributed by atoms with E-state index < -0.39 is 37.9 Å². The Bertz CT molecular complexity index is 959. The Labute approximate surface area is 183 Å². The van der Waals surface area contributed by atoms with Gasteiger partial charge in [0.1, 0.15) is 17.5 Å². The van der Waals surface area contributed by atoms with Gasteiger partial charge >= 0.3 is 0 Å². The predicted octanol–water partition coefficient (Wildman–Crippen LogP) is 1.01. The van der Waals surface area contributed by atoms with Gasteiger partial charge in [0.05, 0.1) is 11.2 Å². The van der Waals surface area contributed by atoms with Gasteiger partial charge in [0.25, 0.3) is 0 Å². The van der Waals surface area contributed by atoms with Crippen molar-refractivity contribution < 1.29 is 22.8 Å². The van der Waals surface area contributed by atoms with Crippen molar-refractivity contribution in [3.05, 3.63) is 35.9 Å². The molecule has 2 N–H and O–H groups in total. The van der Waals surface area contributed by atoms with Gasteiger partial charge in [-0.3, -0.25) is 14.4 Å². The lowest BCUT2D eigenvalue weighted by Crippen LogP contribution is -2.61. The van der Waals surface area contributed by atoms with Crippen molar-refractivity contribution in [2.24, 2.45) is 5.92 Å². The third kappa shape index (κ3) is 4.33. The molecule has 2 saturated heterocycles. The predicted molar refractivity (Wildman–Crippen MR) is 117 cm³/mol. The summed E-state index contributed by atoms with van der Waals surface area (Å²) in [5, 5.41) is 4.64. The fourth-order valence-electron chi connectivity index (χ4n) is 4.31. The van der Waals surface area contributed by atoms with Crippen LogP contribution in [-0.4, -0.2) is 59.8 Å². The molecule has 3 rings (SSSR count). The summed E-state index contributed by atoms with van der Waals surface area (Å²) in [5.74, 6) is -1.15.